The van der Waals surface area contributed by atoms with Gasteiger partial charge in [-0.15, -0.1) is 0 Å². The lowest BCUT2D eigenvalue weighted by Gasteiger charge is -2.35. The smallest absolute Gasteiger partial charge is 0.300 e. The minimum Gasteiger partial charge on any atom is -0.300 e. The van der Waals surface area contributed by atoms with Gasteiger partial charge in [-0.2, -0.15) is 0 Å². The molecule has 1 saturated heterocycles. The fourth-order valence-electron chi connectivity index (χ4n) is 4.52. The highest BCUT2D eigenvalue weighted by molar-refractivity contribution is 7.89. The number of piperidine rings is 1. The molecule has 1 fully saturated rings. The largest absolute Gasteiger partial charge is 0.308 e. The molecule has 6 nitrogen and oxygen atoms in total. The van der Waals surface area contributed by atoms with Crippen LogP contribution in [0.1, 0.15) is 44.6 Å². The first-order chi connectivity index (χ1) is 15.5. The number of benzene rings is 2. The molecule has 1 atom stereocenters. The Bertz CT molecular complexity index is 1200. The highest BCUT2D eigenvalue weighted by atomic mass is 32.2. The normalized spacial score (nSPS) is 17.7. The Labute approximate surface area is 193 Å². The van der Waals surface area contributed by atoms with Crippen molar-refractivity contribution in [3.63, 3.8) is 0 Å². The van der Waals surface area contributed by atoms with Crippen LogP contribution < -0.4 is 9.60 Å². The minimum atomic E-state index is -3.61. The first-order valence-electron chi connectivity index (χ1n) is 11.4. The quantitative estimate of drug-likeness (QED) is 0.476. The van der Waals surface area contributed by atoms with E-state index in [0.29, 0.717) is 23.8 Å². The van der Waals surface area contributed by atoms with Gasteiger partial charge in [0.15, 0.2) is 0 Å². The number of nitrogens with zero attached hydrogens (tertiary/aromatic N) is 2. The van der Waals surface area contributed by atoms with E-state index in [1.54, 1.807) is 22.8 Å². The maximum atomic E-state index is 12.8. The summed E-state index contributed by atoms with van der Waals surface area (Å²) in [7, 11) is -3.61. The second kappa shape index (κ2) is 10.3. The molecule has 1 aliphatic rings. The van der Waals surface area contributed by atoms with Gasteiger partial charge in [0.05, 0.1) is 21.7 Å². The number of nitrogens with one attached hydrogen (secondary N) is 1. The topological polar surface area (TPSA) is 71.4 Å². The Morgan fingerprint density at radius 1 is 1.12 bits per heavy atom. The maximum absolute atomic E-state index is 12.8. The molecule has 2 heterocycles. The summed E-state index contributed by atoms with van der Waals surface area (Å²) in [6.07, 6.45) is 5.71. The van der Waals surface area contributed by atoms with Crippen LogP contribution in [0.2, 0.25) is 0 Å². The first kappa shape index (κ1) is 23.2. The molecule has 1 aliphatic heterocycles. The molecule has 0 amide bonds. The van der Waals surface area contributed by atoms with E-state index in [-0.39, 0.29) is 9.77 Å². The van der Waals surface area contributed by atoms with E-state index < -0.39 is 10.0 Å². The van der Waals surface area contributed by atoms with Crippen molar-refractivity contribution in [2.45, 2.75) is 56.5 Å². The lowest BCUT2D eigenvalue weighted by molar-refractivity contribution is 0.143. The van der Waals surface area contributed by atoms with E-state index in [9.17, 15) is 13.2 Å². The molecule has 1 N–H and O–H groups in total. The van der Waals surface area contributed by atoms with Crippen molar-refractivity contribution in [1.82, 2.24) is 14.2 Å². The summed E-state index contributed by atoms with van der Waals surface area (Å²) in [6.45, 7) is 5.14. The second-order valence-electron chi connectivity index (χ2n) is 8.41. The molecular formula is C24H31N3O3S2. The molecule has 8 heteroatoms. The number of likely N-dealkylation sites (tertiary alicyclic amines) is 1. The van der Waals surface area contributed by atoms with Gasteiger partial charge < -0.3 is 4.90 Å². The Kier molecular flexibility index (Phi) is 7.45. The third kappa shape index (κ3) is 5.31. The van der Waals surface area contributed by atoms with E-state index >= 15 is 0 Å². The van der Waals surface area contributed by atoms with Crippen molar-refractivity contribution in [2.75, 3.05) is 19.6 Å². The van der Waals surface area contributed by atoms with Gasteiger partial charge in [-0.1, -0.05) is 55.0 Å². The molecule has 4 rings (SSSR count). The van der Waals surface area contributed by atoms with Crippen molar-refractivity contribution in [3.05, 3.63) is 63.8 Å². The highest BCUT2D eigenvalue weighted by Gasteiger charge is 2.21. The van der Waals surface area contributed by atoms with Crippen LogP contribution in [0.15, 0.2) is 58.2 Å². The Morgan fingerprint density at radius 2 is 1.94 bits per heavy atom. The van der Waals surface area contributed by atoms with Gasteiger partial charge in [0.25, 0.3) is 0 Å². The summed E-state index contributed by atoms with van der Waals surface area (Å²) in [5, 5.41) is 0. The zero-order valence-electron chi connectivity index (χ0n) is 18.5. The minimum absolute atomic E-state index is 0.0848. The van der Waals surface area contributed by atoms with Gasteiger partial charge in [0.1, 0.15) is 0 Å². The average Bonchev–Trinajstić information content (AvgIpc) is 3.12. The van der Waals surface area contributed by atoms with Gasteiger partial charge in [-0.05, 0) is 62.5 Å². The van der Waals surface area contributed by atoms with Crippen LogP contribution in [0, 0.1) is 0 Å². The number of thiazole rings is 1. The van der Waals surface area contributed by atoms with E-state index in [0.717, 1.165) is 48.3 Å². The number of fused-ring (bicyclic) bond motifs is 1. The fraction of sp³-hybridized carbons (Fsp3) is 0.458. The van der Waals surface area contributed by atoms with Crippen LogP contribution in [0.3, 0.4) is 0 Å². The summed E-state index contributed by atoms with van der Waals surface area (Å²) in [5.41, 5.74) is 1.80. The predicted molar refractivity (Wildman–Crippen MR) is 131 cm³/mol. The molecule has 0 aliphatic carbocycles. The van der Waals surface area contributed by atoms with Gasteiger partial charge >= 0.3 is 4.87 Å². The van der Waals surface area contributed by atoms with Crippen molar-refractivity contribution >= 4 is 31.6 Å². The zero-order chi connectivity index (χ0) is 22.6. The standard InChI is InChI=1S/C24H31N3O3S2/c1-2-20-11-6-7-15-26(20)16-8-14-25-32(29,30)21-12-13-22-23(17-21)31-24(28)27(22)18-19-9-4-3-5-10-19/h3-5,9-10,12-13,17,20,25H,2,6-8,11,14-16,18H2,1H3/t20-/m0/s1. The summed E-state index contributed by atoms with van der Waals surface area (Å²) >= 11 is 1.09. The molecule has 2 aromatic carbocycles. The third-order valence-electron chi connectivity index (χ3n) is 6.27. The Balaban J connectivity index is 1.41. The summed E-state index contributed by atoms with van der Waals surface area (Å²) in [5.74, 6) is 0. The van der Waals surface area contributed by atoms with E-state index in [1.807, 2.05) is 30.3 Å². The van der Waals surface area contributed by atoms with Crippen molar-refractivity contribution in [3.8, 4) is 0 Å². The van der Waals surface area contributed by atoms with Crippen LogP contribution in [0.25, 0.3) is 10.2 Å². The molecule has 3 aromatic rings. The van der Waals surface area contributed by atoms with E-state index in [2.05, 4.69) is 16.5 Å². The van der Waals surface area contributed by atoms with Crippen LogP contribution in [0.5, 0.6) is 0 Å². The Hall–Kier alpha value is -2.00. The Morgan fingerprint density at radius 3 is 2.72 bits per heavy atom. The number of hydrogen-bond donors (Lipinski definition) is 1. The molecule has 32 heavy (non-hydrogen) atoms. The SMILES string of the molecule is CC[C@H]1CCCCN1CCCNS(=O)(=O)c1ccc2c(c1)sc(=O)n2Cc1ccccc1. The molecule has 0 bridgehead atoms. The average molecular weight is 474 g/mol. The van der Waals surface area contributed by atoms with Gasteiger partial charge in [-0.3, -0.25) is 9.36 Å². The van der Waals surface area contributed by atoms with Gasteiger partial charge in [0, 0.05) is 12.6 Å². The van der Waals surface area contributed by atoms with Crippen molar-refractivity contribution < 1.29 is 8.42 Å². The fourth-order valence-corrected chi connectivity index (χ4v) is 6.62. The zero-order valence-corrected chi connectivity index (χ0v) is 20.1. The highest BCUT2D eigenvalue weighted by Crippen LogP contribution is 2.23. The monoisotopic (exact) mass is 473 g/mol. The maximum Gasteiger partial charge on any atom is 0.308 e. The van der Waals surface area contributed by atoms with Gasteiger partial charge in [0.2, 0.25) is 10.0 Å². The summed E-state index contributed by atoms with van der Waals surface area (Å²) in [4.78, 5) is 15.2. The summed E-state index contributed by atoms with van der Waals surface area (Å²) in [6, 6.07) is 15.4. The number of rotatable bonds is 9. The molecule has 0 unspecified atom stereocenters. The van der Waals surface area contributed by atoms with Gasteiger partial charge in [-0.25, -0.2) is 13.1 Å². The number of aromatic nitrogens is 1. The lowest BCUT2D eigenvalue weighted by Crippen LogP contribution is -2.40. The van der Waals surface area contributed by atoms with Crippen LogP contribution >= 0.6 is 11.3 Å². The molecule has 172 valence electrons. The predicted octanol–water partition coefficient (Wildman–Crippen LogP) is 4.04. The van der Waals surface area contributed by atoms with Crippen LogP contribution in [-0.2, 0) is 16.6 Å². The number of sulfonamides is 1. The van der Waals surface area contributed by atoms with E-state index in [4.69, 9.17) is 0 Å². The third-order valence-corrected chi connectivity index (χ3v) is 8.67. The molecule has 1 aromatic heterocycles. The summed E-state index contributed by atoms with van der Waals surface area (Å²) < 4.78 is 30.8. The molecule has 0 spiro atoms. The molecular weight excluding hydrogens is 442 g/mol. The van der Waals surface area contributed by atoms with Crippen LogP contribution in [0.4, 0.5) is 0 Å². The van der Waals surface area contributed by atoms with Crippen molar-refractivity contribution in [1.29, 1.82) is 0 Å². The molecule has 0 saturated carbocycles. The first-order valence-corrected chi connectivity index (χ1v) is 13.7. The second-order valence-corrected chi connectivity index (χ2v) is 11.2. The molecule has 0 radical (unpaired) electrons. The van der Waals surface area contributed by atoms with E-state index in [1.165, 1.54) is 19.3 Å². The van der Waals surface area contributed by atoms with Crippen LogP contribution in [-0.4, -0.2) is 43.6 Å². The lowest BCUT2D eigenvalue weighted by atomic mass is 10.00. The van der Waals surface area contributed by atoms with Crippen molar-refractivity contribution in [2.24, 2.45) is 0 Å². The number of hydrogen-bond acceptors (Lipinski definition) is 5.